The molecule has 2 aliphatic rings. The molecule has 0 radical (unpaired) electrons. The van der Waals surface area contributed by atoms with E-state index < -0.39 is 0 Å². The number of ether oxygens (including phenoxy) is 1. The molecule has 98 valence electrons. The van der Waals surface area contributed by atoms with Gasteiger partial charge in [-0.15, -0.1) is 0 Å². The number of carbonyl (C=O) groups is 1. The Balaban J connectivity index is 2.08. The van der Waals surface area contributed by atoms with Crippen LogP contribution < -0.4 is 5.32 Å². The molecule has 1 unspecified atom stereocenters. The van der Waals surface area contributed by atoms with Crippen LogP contribution in [0.25, 0.3) is 0 Å². The maximum absolute atomic E-state index is 12.7. The van der Waals surface area contributed by atoms with Crippen molar-refractivity contribution in [3.8, 4) is 0 Å². The van der Waals surface area contributed by atoms with Crippen LogP contribution in [0, 0.1) is 5.41 Å². The summed E-state index contributed by atoms with van der Waals surface area (Å²) in [7, 11) is 0. The summed E-state index contributed by atoms with van der Waals surface area (Å²) in [5, 5.41) is 3.33. The molecule has 2 aliphatic heterocycles. The molecule has 2 heterocycles. The molecule has 0 aromatic heterocycles. The van der Waals surface area contributed by atoms with Gasteiger partial charge in [0.25, 0.3) is 0 Å². The standard InChI is InChI=1S/C13H24N2O2/c1-4-13(5-6-14-9-13)12(16)15-7-10(2)17-11(3)8-15/h10-11,14H,4-9H2,1-3H3/t10-,11+,13?. The van der Waals surface area contributed by atoms with E-state index in [0.29, 0.717) is 5.91 Å². The molecule has 4 heteroatoms. The van der Waals surface area contributed by atoms with Crippen LogP contribution in [0.3, 0.4) is 0 Å². The molecule has 2 fully saturated rings. The lowest BCUT2D eigenvalue weighted by molar-refractivity contribution is -0.153. The lowest BCUT2D eigenvalue weighted by atomic mass is 9.82. The number of carbonyl (C=O) groups excluding carboxylic acids is 1. The minimum absolute atomic E-state index is 0.156. The smallest absolute Gasteiger partial charge is 0.230 e. The van der Waals surface area contributed by atoms with E-state index in [1.165, 1.54) is 0 Å². The van der Waals surface area contributed by atoms with Crippen LogP contribution in [0.4, 0.5) is 0 Å². The Bertz CT molecular complexity index is 277. The zero-order valence-corrected chi connectivity index (χ0v) is 11.2. The fourth-order valence-electron chi connectivity index (χ4n) is 3.06. The van der Waals surface area contributed by atoms with Crippen LogP contribution in [0.2, 0.25) is 0 Å². The van der Waals surface area contributed by atoms with Crippen molar-refractivity contribution in [2.75, 3.05) is 26.2 Å². The van der Waals surface area contributed by atoms with Crippen molar-refractivity contribution >= 4 is 5.91 Å². The number of hydrogen-bond donors (Lipinski definition) is 1. The quantitative estimate of drug-likeness (QED) is 0.783. The van der Waals surface area contributed by atoms with Gasteiger partial charge in [-0.1, -0.05) is 6.92 Å². The topological polar surface area (TPSA) is 41.6 Å². The summed E-state index contributed by atoms with van der Waals surface area (Å²) >= 11 is 0. The average molecular weight is 240 g/mol. The Labute approximate surface area is 104 Å². The van der Waals surface area contributed by atoms with E-state index in [4.69, 9.17) is 4.74 Å². The van der Waals surface area contributed by atoms with Gasteiger partial charge < -0.3 is 15.0 Å². The van der Waals surface area contributed by atoms with Crippen molar-refractivity contribution in [3.05, 3.63) is 0 Å². The molecule has 2 saturated heterocycles. The first-order valence-corrected chi connectivity index (χ1v) is 6.73. The molecule has 1 amide bonds. The summed E-state index contributed by atoms with van der Waals surface area (Å²) < 4.78 is 5.69. The second-order valence-corrected chi connectivity index (χ2v) is 5.53. The Kier molecular flexibility index (Phi) is 3.73. The largest absolute Gasteiger partial charge is 0.372 e. The van der Waals surface area contributed by atoms with Crippen LogP contribution in [0.1, 0.15) is 33.6 Å². The van der Waals surface area contributed by atoms with Crippen molar-refractivity contribution in [2.45, 2.75) is 45.8 Å². The van der Waals surface area contributed by atoms with Crippen LogP contribution in [-0.4, -0.2) is 49.2 Å². The Morgan fingerprint density at radius 1 is 1.41 bits per heavy atom. The van der Waals surface area contributed by atoms with E-state index in [1.807, 2.05) is 18.7 Å². The molecule has 1 N–H and O–H groups in total. The summed E-state index contributed by atoms with van der Waals surface area (Å²) in [6, 6.07) is 0. The molecule has 2 rings (SSSR count). The zero-order valence-electron chi connectivity index (χ0n) is 11.2. The molecule has 0 saturated carbocycles. The van der Waals surface area contributed by atoms with Crippen molar-refractivity contribution < 1.29 is 9.53 Å². The van der Waals surface area contributed by atoms with Gasteiger partial charge in [-0.05, 0) is 33.2 Å². The normalized spacial score (nSPS) is 38.4. The van der Waals surface area contributed by atoms with E-state index >= 15 is 0 Å². The van der Waals surface area contributed by atoms with Gasteiger partial charge in [-0.25, -0.2) is 0 Å². The van der Waals surface area contributed by atoms with Gasteiger partial charge in [-0.2, -0.15) is 0 Å². The van der Waals surface area contributed by atoms with E-state index in [2.05, 4.69) is 12.2 Å². The number of morpholine rings is 1. The van der Waals surface area contributed by atoms with Gasteiger partial charge in [0.05, 0.1) is 17.6 Å². The van der Waals surface area contributed by atoms with Crippen LogP contribution in [0.15, 0.2) is 0 Å². The number of nitrogens with one attached hydrogen (secondary N) is 1. The molecule has 0 spiro atoms. The van der Waals surface area contributed by atoms with Gasteiger partial charge in [0.1, 0.15) is 0 Å². The fraction of sp³-hybridized carbons (Fsp3) is 0.923. The maximum Gasteiger partial charge on any atom is 0.230 e. The summed E-state index contributed by atoms with van der Waals surface area (Å²) in [5.41, 5.74) is -0.156. The Hall–Kier alpha value is -0.610. The Morgan fingerprint density at radius 3 is 2.53 bits per heavy atom. The Morgan fingerprint density at radius 2 is 2.06 bits per heavy atom. The predicted octanol–water partition coefficient (Wildman–Crippen LogP) is 1.01. The predicted molar refractivity (Wildman–Crippen MR) is 66.8 cm³/mol. The summed E-state index contributed by atoms with van der Waals surface area (Å²) in [6.07, 6.45) is 2.22. The highest BCUT2D eigenvalue weighted by atomic mass is 16.5. The van der Waals surface area contributed by atoms with Gasteiger partial charge >= 0.3 is 0 Å². The summed E-state index contributed by atoms with van der Waals surface area (Å²) in [4.78, 5) is 14.7. The van der Waals surface area contributed by atoms with E-state index in [1.54, 1.807) is 0 Å². The first kappa shape index (κ1) is 12.8. The number of amides is 1. The summed E-state index contributed by atoms with van der Waals surface area (Å²) in [6.45, 7) is 9.49. The van der Waals surface area contributed by atoms with Crippen molar-refractivity contribution in [1.29, 1.82) is 0 Å². The molecule has 3 atom stereocenters. The lowest BCUT2D eigenvalue weighted by Gasteiger charge is -2.40. The third-order valence-electron chi connectivity index (χ3n) is 4.08. The van der Waals surface area contributed by atoms with Gasteiger partial charge in [0, 0.05) is 19.6 Å². The maximum atomic E-state index is 12.7. The second kappa shape index (κ2) is 4.94. The lowest BCUT2D eigenvalue weighted by Crippen LogP contribution is -2.53. The third-order valence-corrected chi connectivity index (χ3v) is 4.08. The third kappa shape index (κ3) is 2.47. The van der Waals surface area contributed by atoms with E-state index in [-0.39, 0.29) is 17.6 Å². The highest BCUT2D eigenvalue weighted by Gasteiger charge is 2.43. The fourth-order valence-corrected chi connectivity index (χ4v) is 3.06. The zero-order chi connectivity index (χ0) is 12.5. The molecule has 4 nitrogen and oxygen atoms in total. The van der Waals surface area contributed by atoms with E-state index in [9.17, 15) is 4.79 Å². The molecule has 17 heavy (non-hydrogen) atoms. The highest BCUT2D eigenvalue weighted by Crippen LogP contribution is 2.32. The molecule has 0 bridgehead atoms. The van der Waals surface area contributed by atoms with Crippen LogP contribution in [-0.2, 0) is 9.53 Å². The second-order valence-electron chi connectivity index (χ2n) is 5.53. The number of nitrogens with zero attached hydrogens (tertiary/aromatic N) is 1. The van der Waals surface area contributed by atoms with Crippen molar-refractivity contribution in [2.24, 2.45) is 5.41 Å². The monoisotopic (exact) mass is 240 g/mol. The SMILES string of the molecule is CCC1(C(=O)N2C[C@@H](C)O[C@@H](C)C2)CCNC1. The summed E-state index contributed by atoms with van der Waals surface area (Å²) in [5.74, 6) is 0.326. The molecule has 0 aromatic carbocycles. The van der Waals surface area contributed by atoms with Crippen molar-refractivity contribution in [3.63, 3.8) is 0 Å². The highest BCUT2D eigenvalue weighted by molar-refractivity contribution is 5.83. The number of hydrogen-bond acceptors (Lipinski definition) is 3. The van der Waals surface area contributed by atoms with Crippen molar-refractivity contribution in [1.82, 2.24) is 10.2 Å². The number of rotatable bonds is 2. The molecular weight excluding hydrogens is 216 g/mol. The first-order chi connectivity index (χ1) is 8.07. The minimum Gasteiger partial charge on any atom is -0.372 e. The molecular formula is C13H24N2O2. The van der Waals surface area contributed by atoms with E-state index in [0.717, 1.165) is 39.0 Å². The molecule has 0 aliphatic carbocycles. The van der Waals surface area contributed by atoms with Gasteiger partial charge in [0.2, 0.25) is 5.91 Å². The minimum atomic E-state index is -0.156. The van der Waals surface area contributed by atoms with Gasteiger partial charge in [0.15, 0.2) is 0 Å². The van der Waals surface area contributed by atoms with Crippen LogP contribution >= 0.6 is 0 Å². The molecule has 0 aromatic rings. The van der Waals surface area contributed by atoms with Crippen LogP contribution in [0.5, 0.6) is 0 Å². The average Bonchev–Trinajstić information content (AvgIpc) is 2.76. The first-order valence-electron chi connectivity index (χ1n) is 6.73. The van der Waals surface area contributed by atoms with Gasteiger partial charge in [-0.3, -0.25) is 4.79 Å².